The summed E-state index contributed by atoms with van der Waals surface area (Å²) >= 11 is 0. The van der Waals surface area contributed by atoms with Crippen molar-refractivity contribution < 1.29 is 8.78 Å². The number of alkyl halides is 2. The van der Waals surface area contributed by atoms with Crippen molar-refractivity contribution >= 4 is 16.7 Å². The molecule has 3 N–H and O–H groups in total. The van der Waals surface area contributed by atoms with Crippen LogP contribution < -0.4 is 5.73 Å². The molecule has 18 heavy (non-hydrogen) atoms. The molecule has 3 rings (SSSR count). The van der Waals surface area contributed by atoms with Gasteiger partial charge < -0.3 is 10.7 Å². The van der Waals surface area contributed by atoms with Crippen molar-refractivity contribution in [1.29, 1.82) is 0 Å². The van der Waals surface area contributed by atoms with Crippen LogP contribution in [0.2, 0.25) is 0 Å². The zero-order valence-corrected chi connectivity index (χ0v) is 9.92. The van der Waals surface area contributed by atoms with Crippen molar-refractivity contribution in [3.05, 3.63) is 24.0 Å². The Morgan fingerprint density at radius 2 is 2.00 bits per heavy atom. The van der Waals surface area contributed by atoms with Crippen molar-refractivity contribution in [2.45, 2.75) is 37.5 Å². The van der Waals surface area contributed by atoms with E-state index in [9.17, 15) is 8.78 Å². The third-order valence-electron chi connectivity index (χ3n) is 3.67. The van der Waals surface area contributed by atoms with Crippen LogP contribution >= 0.6 is 0 Å². The molecular weight excluding hydrogens is 236 g/mol. The zero-order chi connectivity index (χ0) is 12.8. The summed E-state index contributed by atoms with van der Waals surface area (Å²) in [6.45, 7) is 0. The lowest BCUT2D eigenvalue weighted by atomic mass is 9.86. The van der Waals surface area contributed by atoms with Crippen LogP contribution in [-0.4, -0.2) is 15.9 Å². The molecule has 3 nitrogen and oxygen atoms in total. The smallest absolute Gasteiger partial charge is 0.248 e. The Morgan fingerprint density at radius 1 is 1.28 bits per heavy atom. The number of aromatic amines is 1. The number of nitrogens with zero attached hydrogens (tertiary/aromatic N) is 1. The maximum absolute atomic E-state index is 13.1. The lowest BCUT2D eigenvalue weighted by Crippen LogP contribution is -2.24. The minimum Gasteiger partial charge on any atom is -0.397 e. The Kier molecular flexibility index (Phi) is 2.50. The van der Waals surface area contributed by atoms with Crippen LogP contribution in [0, 0.1) is 0 Å². The molecule has 1 aliphatic rings. The second-order valence-electron chi connectivity index (χ2n) is 5.00. The summed E-state index contributed by atoms with van der Waals surface area (Å²) in [6.07, 6.45) is 0.855. The summed E-state index contributed by atoms with van der Waals surface area (Å²) in [4.78, 5) is 7.66. The summed E-state index contributed by atoms with van der Waals surface area (Å²) in [5.41, 5.74) is 8.08. The van der Waals surface area contributed by atoms with Crippen molar-refractivity contribution in [3.63, 3.8) is 0 Å². The zero-order valence-electron chi connectivity index (χ0n) is 9.92. The van der Waals surface area contributed by atoms with Gasteiger partial charge in [0.15, 0.2) is 0 Å². The maximum atomic E-state index is 13.1. The van der Waals surface area contributed by atoms with Gasteiger partial charge in [-0.25, -0.2) is 13.8 Å². The molecule has 2 aromatic rings. The summed E-state index contributed by atoms with van der Waals surface area (Å²) in [5.74, 6) is -1.61. The van der Waals surface area contributed by atoms with Crippen LogP contribution in [0.5, 0.6) is 0 Å². The van der Waals surface area contributed by atoms with Gasteiger partial charge in [-0.15, -0.1) is 0 Å². The molecule has 1 aliphatic carbocycles. The average Bonchev–Trinajstić information content (AvgIpc) is 2.74. The number of nitrogen functional groups attached to an aromatic ring is 1. The highest BCUT2D eigenvalue weighted by atomic mass is 19.3. The molecule has 1 aromatic carbocycles. The van der Waals surface area contributed by atoms with Crippen LogP contribution in [0.25, 0.3) is 11.0 Å². The fourth-order valence-electron chi connectivity index (χ4n) is 2.58. The summed E-state index contributed by atoms with van der Waals surface area (Å²) in [6, 6.07) is 5.55. The van der Waals surface area contributed by atoms with Crippen LogP contribution in [0.3, 0.4) is 0 Å². The second kappa shape index (κ2) is 3.93. The highest BCUT2D eigenvalue weighted by Crippen LogP contribution is 2.40. The highest BCUT2D eigenvalue weighted by molar-refractivity contribution is 5.86. The molecule has 0 atom stereocenters. The number of halogens is 2. The topological polar surface area (TPSA) is 54.7 Å². The van der Waals surface area contributed by atoms with Crippen molar-refractivity contribution in [1.82, 2.24) is 9.97 Å². The molecule has 1 saturated carbocycles. The normalized spacial score (nSPS) is 20.3. The Hall–Kier alpha value is -1.65. The van der Waals surface area contributed by atoms with Crippen LogP contribution in [0.4, 0.5) is 14.5 Å². The number of rotatable bonds is 1. The monoisotopic (exact) mass is 251 g/mol. The number of nitrogens with two attached hydrogens (primary N) is 1. The molecule has 1 heterocycles. The largest absolute Gasteiger partial charge is 0.397 e. The van der Waals surface area contributed by atoms with Crippen molar-refractivity contribution in [3.8, 4) is 0 Å². The van der Waals surface area contributed by atoms with Gasteiger partial charge in [-0.3, -0.25) is 0 Å². The second-order valence-corrected chi connectivity index (χ2v) is 5.00. The van der Waals surface area contributed by atoms with Crippen LogP contribution in [0.15, 0.2) is 18.2 Å². The van der Waals surface area contributed by atoms with E-state index in [1.165, 1.54) is 0 Å². The van der Waals surface area contributed by atoms with Gasteiger partial charge in [-0.05, 0) is 25.0 Å². The summed E-state index contributed by atoms with van der Waals surface area (Å²) in [7, 11) is 0. The van der Waals surface area contributed by atoms with Gasteiger partial charge in [-0.2, -0.15) is 0 Å². The van der Waals surface area contributed by atoms with Crippen molar-refractivity contribution in [2.24, 2.45) is 0 Å². The van der Waals surface area contributed by atoms with E-state index < -0.39 is 5.92 Å². The number of hydrogen-bond donors (Lipinski definition) is 2. The molecule has 0 radical (unpaired) electrons. The van der Waals surface area contributed by atoms with Crippen LogP contribution in [0.1, 0.15) is 37.4 Å². The molecule has 1 aromatic heterocycles. The number of benzene rings is 1. The third-order valence-corrected chi connectivity index (χ3v) is 3.67. The Balaban J connectivity index is 1.89. The van der Waals surface area contributed by atoms with Gasteiger partial charge in [0.1, 0.15) is 11.3 Å². The first-order valence-electron chi connectivity index (χ1n) is 6.17. The van der Waals surface area contributed by atoms with Gasteiger partial charge in [0, 0.05) is 18.8 Å². The quantitative estimate of drug-likeness (QED) is 0.763. The lowest BCUT2D eigenvalue weighted by molar-refractivity contribution is -0.0387. The average molecular weight is 251 g/mol. The van der Waals surface area contributed by atoms with Crippen LogP contribution in [-0.2, 0) is 0 Å². The highest BCUT2D eigenvalue weighted by Gasteiger charge is 2.36. The number of H-pyrrole nitrogens is 1. The fourth-order valence-corrected chi connectivity index (χ4v) is 2.58. The first-order chi connectivity index (χ1) is 8.55. The van der Waals surface area contributed by atoms with E-state index in [0.717, 1.165) is 16.9 Å². The van der Waals surface area contributed by atoms with Gasteiger partial charge >= 0.3 is 0 Å². The molecule has 0 spiro atoms. The van der Waals surface area contributed by atoms with E-state index in [-0.39, 0.29) is 18.8 Å². The first kappa shape index (κ1) is 11.4. The molecule has 5 heteroatoms. The van der Waals surface area contributed by atoms with E-state index in [2.05, 4.69) is 9.97 Å². The minimum absolute atomic E-state index is 0.0514. The van der Waals surface area contributed by atoms with E-state index in [1.807, 2.05) is 12.1 Å². The Morgan fingerprint density at radius 3 is 2.67 bits per heavy atom. The van der Waals surface area contributed by atoms with E-state index in [0.29, 0.717) is 18.5 Å². The van der Waals surface area contributed by atoms with E-state index >= 15 is 0 Å². The number of anilines is 1. The number of imidazole rings is 1. The lowest BCUT2D eigenvalue weighted by Gasteiger charge is -2.26. The van der Waals surface area contributed by atoms with Gasteiger partial charge in [-0.1, -0.05) is 6.07 Å². The molecular formula is C13H15F2N3. The standard InChI is InChI=1S/C13H15F2N3/c14-13(15)6-4-8(5-7-13)12-17-10-3-1-2-9(16)11(10)18-12/h1-3,8H,4-7,16H2,(H,17,18). The maximum Gasteiger partial charge on any atom is 0.248 e. The molecule has 0 amide bonds. The fraction of sp³-hybridized carbons (Fsp3) is 0.462. The number of aromatic nitrogens is 2. The number of fused-ring (bicyclic) bond motifs is 1. The minimum atomic E-state index is -2.50. The summed E-state index contributed by atoms with van der Waals surface area (Å²) < 4.78 is 26.2. The molecule has 0 aliphatic heterocycles. The van der Waals surface area contributed by atoms with Gasteiger partial charge in [0.2, 0.25) is 5.92 Å². The number of para-hydroxylation sites is 1. The van der Waals surface area contributed by atoms with E-state index in [4.69, 9.17) is 5.73 Å². The molecule has 0 saturated heterocycles. The number of nitrogens with one attached hydrogen (secondary N) is 1. The SMILES string of the molecule is Nc1cccc2[nH]c(C3CCC(F)(F)CC3)nc12. The van der Waals surface area contributed by atoms with Gasteiger partial charge in [0.25, 0.3) is 0 Å². The number of hydrogen-bond acceptors (Lipinski definition) is 2. The molecule has 1 fully saturated rings. The molecule has 0 unspecified atom stereocenters. The predicted octanol–water partition coefficient (Wildman–Crippen LogP) is 3.44. The molecule has 96 valence electrons. The summed E-state index contributed by atoms with van der Waals surface area (Å²) in [5, 5.41) is 0. The first-order valence-corrected chi connectivity index (χ1v) is 6.17. The third kappa shape index (κ3) is 1.94. The molecule has 0 bridgehead atoms. The predicted molar refractivity (Wildman–Crippen MR) is 66.7 cm³/mol. The Labute approximate surface area is 103 Å². The van der Waals surface area contributed by atoms with Crippen molar-refractivity contribution in [2.75, 3.05) is 5.73 Å². The Bertz CT molecular complexity index is 567. The van der Waals surface area contributed by atoms with Gasteiger partial charge in [0.05, 0.1) is 11.2 Å². The van der Waals surface area contributed by atoms with E-state index in [1.54, 1.807) is 6.07 Å².